The van der Waals surface area contributed by atoms with E-state index < -0.39 is 0 Å². The maximum atomic E-state index is 13.0. The molecule has 3 heterocycles. The van der Waals surface area contributed by atoms with E-state index in [-0.39, 0.29) is 23.8 Å². The predicted molar refractivity (Wildman–Crippen MR) is 212 cm³/mol. The van der Waals surface area contributed by atoms with Crippen LogP contribution in [-0.2, 0) is 9.59 Å². The summed E-state index contributed by atoms with van der Waals surface area (Å²) in [6, 6.07) is 15.1. The van der Waals surface area contributed by atoms with E-state index in [4.69, 9.17) is 15.6 Å². The number of aromatic nitrogens is 4. The molecule has 54 heavy (non-hydrogen) atoms. The van der Waals surface area contributed by atoms with Gasteiger partial charge in [0.1, 0.15) is 23.6 Å². The molecule has 5 fully saturated rings. The van der Waals surface area contributed by atoms with Crippen LogP contribution in [-0.4, -0.2) is 62.6 Å². The first-order chi connectivity index (χ1) is 26.3. The number of ether oxygens (including phenoxy) is 1. The molecule has 1 aliphatic heterocycles. The Hall–Kier alpha value is -4.77. The fourth-order valence-corrected chi connectivity index (χ4v) is 10.4. The van der Waals surface area contributed by atoms with E-state index >= 15 is 0 Å². The first kappa shape index (κ1) is 36.2. The van der Waals surface area contributed by atoms with Crippen molar-refractivity contribution >= 4 is 34.4 Å². The molecule has 4 aromatic rings. The van der Waals surface area contributed by atoms with Gasteiger partial charge in [0.25, 0.3) is 0 Å². The average molecular weight is 731 g/mol. The second-order valence-corrected chi connectivity index (χ2v) is 16.6. The number of piperidine rings is 1. The summed E-state index contributed by atoms with van der Waals surface area (Å²) in [7, 11) is 0. The third-order valence-corrected chi connectivity index (χ3v) is 12.8. The summed E-state index contributed by atoms with van der Waals surface area (Å²) in [5.74, 6) is 4.33. The van der Waals surface area contributed by atoms with Crippen LogP contribution in [0.25, 0.3) is 22.3 Å². The van der Waals surface area contributed by atoms with Crippen LogP contribution in [0.4, 0.5) is 11.5 Å². The summed E-state index contributed by atoms with van der Waals surface area (Å²) in [5.41, 5.74) is 9.58. The summed E-state index contributed by atoms with van der Waals surface area (Å²) >= 11 is 0. The maximum Gasteiger partial charge on any atom is 0.247 e. The summed E-state index contributed by atoms with van der Waals surface area (Å²) in [4.78, 5) is 36.9. The number of nitrogens with two attached hydrogens (primary N) is 1. The van der Waals surface area contributed by atoms with Crippen molar-refractivity contribution in [2.24, 2.45) is 29.1 Å². The molecule has 2 aromatic carbocycles. The quantitative estimate of drug-likeness (QED) is 0.0884. The molecule has 9 rings (SSSR count). The number of rotatable bonds is 14. The number of carbonyl (C=O) groups excluding carboxylic acids is 2. The smallest absolute Gasteiger partial charge is 0.247 e. The molecule has 4 aliphatic carbocycles. The Labute approximate surface area is 318 Å². The number of hydrogen-bond acceptors (Lipinski definition) is 8. The molecule has 2 aromatic heterocycles. The second-order valence-electron chi connectivity index (χ2n) is 16.6. The molecule has 4 bridgehead atoms. The SMILES string of the molecule is C=CC(=O)Nc1cc(-c2nn(C3CCN(CCCNC(=O)[C@@H](C)CCC45CC6CC(CC(C6)C4)C5)CC3)c3ncnc(N)c23)ccc1Oc1ccccc1. The third-order valence-electron chi connectivity index (χ3n) is 12.8. The Morgan fingerprint density at radius 3 is 2.46 bits per heavy atom. The zero-order chi connectivity index (χ0) is 37.2. The van der Waals surface area contributed by atoms with Crippen molar-refractivity contribution < 1.29 is 14.3 Å². The van der Waals surface area contributed by atoms with E-state index in [1.807, 2.05) is 53.2 Å². The number of nitrogens with one attached hydrogen (secondary N) is 2. The number of nitrogens with zero attached hydrogens (tertiary/aromatic N) is 5. The van der Waals surface area contributed by atoms with Crippen molar-refractivity contribution in [3.63, 3.8) is 0 Å². The molecule has 11 heteroatoms. The van der Waals surface area contributed by atoms with Gasteiger partial charge in [-0.25, -0.2) is 14.6 Å². The first-order valence-electron chi connectivity index (χ1n) is 20.1. The number of fused-ring (bicyclic) bond motifs is 1. The number of hydrogen-bond donors (Lipinski definition) is 3. The van der Waals surface area contributed by atoms with E-state index in [1.165, 1.54) is 57.3 Å². The van der Waals surface area contributed by atoms with Gasteiger partial charge in [0.15, 0.2) is 11.4 Å². The molecule has 2 amide bonds. The van der Waals surface area contributed by atoms with Gasteiger partial charge in [0.2, 0.25) is 11.8 Å². The Bertz CT molecular complexity index is 1950. The Kier molecular flexibility index (Phi) is 10.4. The van der Waals surface area contributed by atoms with E-state index in [9.17, 15) is 9.59 Å². The van der Waals surface area contributed by atoms with Crippen molar-refractivity contribution in [2.75, 3.05) is 37.2 Å². The summed E-state index contributed by atoms with van der Waals surface area (Å²) in [6.45, 7) is 9.26. The van der Waals surface area contributed by atoms with Crippen LogP contribution in [0, 0.1) is 29.1 Å². The lowest BCUT2D eigenvalue weighted by molar-refractivity contribution is -0.125. The summed E-state index contributed by atoms with van der Waals surface area (Å²) in [6.07, 6.45) is 16.4. The number of amides is 2. The zero-order valence-electron chi connectivity index (χ0n) is 31.5. The van der Waals surface area contributed by atoms with Gasteiger partial charge in [0, 0.05) is 31.1 Å². The molecule has 4 saturated carbocycles. The lowest BCUT2D eigenvalue weighted by Crippen LogP contribution is -2.46. The summed E-state index contributed by atoms with van der Waals surface area (Å²) in [5, 5.41) is 11.9. The van der Waals surface area contributed by atoms with Crippen molar-refractivity contribution in [3.05, 3.63) is 67.5 Å². The fourth-order valence-electron chi connectivity index (χ4n) is 10.4. The highest BCUT2D eigenvalue weighted by atomic mass is 16.5. The molecule has 0 radical (unpaired) electrons. The fraction of sp³-hybridized carbons (Fsp3) is 0.512. The number of anilines is 2. The van der Waals surface area contributed by atoms with E-state index in [1.54, 1.807) is 0 Å². The monoisotopic (exact) mass is 730 g/mol. The van der Waals surface area contributed by atoms with Crippen LogP contribution >= 0.6 is 0 Å². The van der Waals surface area contributed by atoms with Crippen molar-refractivity contribution in [2.45, 2.75) is 83.6 Å². The van der Waals surface area contributed by atoms with Crippen LogP contribution < -0.4 is 21.1 Å². The highest BCUT2D eigenvalue weighted by Gasteiger charge is 2.50. The molecule has 0 unspecified atom stereocenters. The molecule has 1 saturated heterocycles. The van der Waals surface area contributed by atoms with Gasteiger partial charge in [0.05, 0.1) is 17.1 Å². The molecule has 284 valence electrons. The van der Waals surface area contributed by atoms with Crippen LogP contribution in [0.1, 0.15) is 83.6 Å². The van der Waals surface area contributed by atoms with Crippen LogP contribution in [0.2, 0.25) is 0 Å². The molecule has 5 aliphatic rings. The highest BCUT2D eigenvalue weighted by molar-refractivity contribution is 6.02. The van der Waals surface area contributed by atoms with E-state index in [0.29, 0.717) is 51.7 Å². The molecule has 0 spiro atoms. The first-order valence-corrected chi connectivity index (χ1v) is 20.1. The van der Waals surface area contributed by atoms with Gasteiger partial charge in [-0.15, -0.1) is 0 Å². The van der Waals surface area contributed by atoms with Gasteiger partial charge in [-0.05, 0) is 137 Å². The third kappa shape index (κ3) is 7.74. The average Bonchev–Trinajstić information content (AvgIpc) is 3.57. The van der Waals surface area contributed by atoms with Gasteiger partial charge in [-0.2, -0.15) is 5.10 Å². The van der Waals surface area contributed by atoms with Crippen molar-refractivity contribution in [1.82, 2.24) is 30.0 Å². The minimum absolute atomic E-state index is 0.0819. The van der Waals surface area contributed by atoms with Crippen LogP contribution in [0.15, 0.2) is 67.5 Å². The second kappa shape index (κ2) is 15.5. The molecule has 4 N–H and O–H groups in total. The van der Waals surface area contributed by atoms with E-state index in [0.717, 1.165) is 68.6 Å². The molecule has 11 nitrogen and oxygen atoms in total. The minimum Gasteiger partial charge on any atom is -0.455 e. The number of carbonyl (C=O) groups is 2. The molecular weight excluding hydrogens is 677 g/mol. The maximum absolute atomic E-state index is 13.0. The molecule has 1 atom stereocenters. The number of likely N-dealkylation sites (tertiary alicyclic amines) is 1. The minimum atomic E-state index is -0.352. The Morgan fingerprint density at radius 1 is 1.04 bits per heavy atom. The number of para-hydroxylation sites is 1. The lowest BCUT2D eigenvalue weighted by Gasteiger charge is -2.57. The lowest BCUT2D eigenvalue weighted by atomic mass is 9.48. The van der Waals surface area contributed by atoms with Gasteiger partial charge < -0.3 is 26.0 Å². The summed E-state index contributed by atoms with van der Waals surface area (Å²) < 4.78 is 8.12. The van der Waals surface area contributed by atoms with E-state index in [2.05, 4.69) is 39.0 Å². The van der Waals surface area contributed by atoms with Gasteiger partial charge in [-0.1, -0.05) is 31.7 Å². The standard InChI is InChI=1S/C43H54N8O3/c1-3-37(52)48-35-23-32(10-11-36(35)54-34-8-5-4-6-9-34)39-38-40(44)46-27-47-41(38)51(49-39)33-13-18-50(19-14-33)17-7-16-45-42(53)28(2)12-15-43-24-29-20-30(25-43)22-31(21-29)26-43/h3-6,8-11,23,27-31,33H,1,7,12-22,24-26H2,2H3,(H,45,53)(H,48,52)(H2,44,46,47)/t28-,29?,30?,31?,43?/m0/s1. The van der Waals surface area contributed by atoms with Crippen molar-refractivity contribution in [1.29, 1.82) is 0 Å². The highest BCUT2D eigenvalue weighted by Crippen LogP contribution is 2.61. The van der Waals surface area contributed by atoms with Crippen molar-refractivity contribution in [3.8, 4) is 22.8 Å². The van der Waals surface area contributed by atoms with Crippen LogP contribution in [0.5, 0.6) is 11.5 Å². The zero-order valence-corrected chi connectivity index (χ0v) is 31.5. The number of nitrogen functional groups attached to an aromatic ring is 1. The van der Waals surface area contributed by atoms with Gasteiger partial charge in [-0.3, -0.25) is 9.59 Å². The normalized spacial score (nSPS) is 24.4. The Morgan fingerprint density at radius 2 is 1.76 bits per heavy atom. The number of benzene rings is 2. The predicted octanol–water partition coefficient (Wildman–Crippen LogP) is 7.77. The van der Waals surface area contributed by atoms with Crippen LogP contribution in [0.3, 0.4) is 0 Å². The largest absolute Gasteiger partial charge is 0.455 e. The Balaban J connectivity index is 0.865. The topological polar surface area (TPSA) is 140 Å². The van der Waals surface area contributed by atoms with Gasteiger partial charge >= 0.3 is 0 Å². The molecular formula is C43H54N8O3.